The van der Waals surface area contributed by atoms with Crippen molar-refractivity contribution in [3.63, 3.8) is 0 Å². The Hall–Kier alpha value is -2.83. The first-order valence-electron chi connectivity index (χ1n) is 8.39. The Morgan fingerprint density at radius 2 is 2.12 bits per heavy atom. The van der Waals surface area contributed by atoms with Gasteiger partial charge in [0.2, 0.25) is 5.91 Å². The third kappa shape index (κ3) is 3.50. The van der Waals surface area contributed by atoms with E-state index in [-0.39, 0.29) is 18.4 Å². The number of benzene rings is 1. The first kappa shape index (κ1) is 17.0. The molecule has 0 atom stereocenters. The number of nitrogens with one attached hydrogen (secondary N) is 2. The Kier molecular flexibility index (Phi) is 4.74. The van der Waals surface area contributed by atoms with Crippen molar-refractivity contribution in [2.75, 3.05) is 23.3 Å². The molecule has 2 heterocycles. The number of anilines is 2. The van der Waals surface area contributed by atoms with Crippen molar-refractivity contribution in [3.05, 3.63) is 40.8 Å². The molecular weight excluding hydrogens is 320 g/mol. The Morgan fingerprint density at radius 1 is 1.32 bits per heavy atom. The second-order valence-electron chi connectivity index (χ2n) is 6.11. The standard InChI is InChI=1S/C18H22N4O3/c1-4-19-18(24)22-8-7-13-5-6-14(9-16(13)22)20-17(23)10-15-11(2)21-25-12(15)3/h5-6,9H,4,7-8,10H2,1-3H3,(H,19,24)(H,20,23). The summed E-state index contributed by atoms with van der Waals surface area (Å²) in [6.45, 7) is 6.73. The quantitative estimate of drug-likeness (QED) is 0.894. The molecule has 1 aromatic heterocycles. The second-order valence-corrected chi connectivity index (χ2v) is 6.11. The van der Waals surface area contributed by atoms with E-state index in [0.29, 0.717) is 24.5 Å². The molecule has 0 fully saturated rings. The Morgan fingerprint density at radius 3 is 2.80 bits per heavy atom. The number of aromatic nitrogens is 1. The molecule has 0 unspecified atom stereocenters. The predicted molar refractivity (Wildman–Crippen MR) is 94.9 cm³/mol. The van der Waals surface area contributed by atoms with E-state index in [1.807, 2.05) is 32.0 Å². The van der Waals surface area contributed by atoms with E-state index in [0.717, 1.165) is 28.9 Å². The molecule has 0 spiro atoms. The number of hydrogen-bond acceptors (Lipinski definition) is 4. The molecule has 1 aromatic carbocycles. The summed E-state index contributed by atoms with van der Waals surface area (Å²) in [4.78, 5) is 26.2. The van der Waals surface area contributed by atoms with Gasteiger partial charge in [0, 0.05) is 24.3 Å². The van der Waals surface area contributed by atoms with Crippen LogP contribution in [0.1, 0.15) is 29.5 Å². The van der Waals surface area contributed by atoms with Crippen LogP contribution < -0.4 is 15.5 Å². The number of hydrogen-bond donors (Lipinski definition) is 2. The highest BCUT2D eigenvalue weighted by Crippen LogP contribution is 2.31. The molecule has 3 amide bonds. The van der Waals surface area contributed by atoms with Crippen molar-refractivity contribution >= 4 is 23.3 Å². The van der Waals surface area contributed by atoms with Crippen molar-refractivity contribution in [1.29, 1.82) is 0 Å². The number of nitrogens with zero attached hydrogens (tertiary/aromatic N) is 2. The molecule has 7 nitrogen and oxygen atoms in total. The van der Waals surface area contributed by atoms with Gasteiger partial charge in [0.05, 0.1) is 17.8 Å². The van der Waals surface area contributed by atoms with Crippen LogP contribution in [0.25, 0.3) is 0 Å². The highest BCUT2D eigenvalue weighted by molar-refractivity contribution is 5.97. The van der Waals surface area contributed by atoms with Crippen LogP contribution in [0.4, 0.5) is 16.2 Å². The van der Waals surface area contributed by atoms with Gasteiger partial charge in [-0.25, -0.2) is 4.79 Å². The third-order valence-electron chi connectivity index (χ3n) is 4.36. The van der Waals surface area contributed by atoms with E-state index in [1.165, 1.54) is 0 Å². The average molecular weight is 342 g/mol. The zero-order valence-corrected chi connectivity index (χ0v) is 14.7. The van der Waals surface area contributed by atoms with Crippen LogP contribution in [0.5, 0.6) is 0 Å². The van der Waals surface area contributed by atoms with Gasteiger partial charge in [-0.3, -0.25) is 9.69 Å². The number of amides is 3. The van der Waals surface area contributed by atoms with Crippen LogP contribution in [0, 0.1) is 13.8 Å². The van der Waals surface area contributed by atoms with Crippen LogP contribution in [-0.2, 0) is 17.6 Å². The number of fused-ring (bicyclic) bond motifs is 1. The fourth-order valence-corrected chi connectivity index (χ4v) is 3.03. The van der Waals surface area contributed by atoms with Gasteiger partial charge in [-0.05, 0) is 44.9 Å². The van der Waals surface area contributed by atoms with Gasteiger partial charge in [0.25, 0.3) is 0 Å². The van der Waals surface area contributed by atoms with Crippen molar-refractivity contribution < 1.29 is 14.1 Å². The molecule has 0 radical (unpaired) electrons. The van der Waals surface area contributed by atoms with Gasteiger partial charge in [-0.1, -0.05) is 11.2 Å². The Balaban J connectivity index is 1.73. The summed E-state index contributed by atoms with van der Waals surface area (Å²) in [6, 6.07) is 5.56. The number of urea groups is 1. The SMILES string of the molecule is CCNC(=O)N1CCc2ccc(NC(=O)Cc3c(C)noc3C)cc21. The summed E-state index contributed by atoms with van der Waals surface area (Å²) in [7, 11) is 0. The zero-order chi connectivity index (χ0) is 18.0. The van der Waals surface area contributed by atoms with Crippen molar-refractivity contribution in [2.45, 2.75) is 33.6 Å². The first-order chi connectivity index (χ1) is 12.0. The zero-order valence-electron chi connectivity index (χ0n) is 14.7. The molecule has 0 aliphatic carbocycles. The molecule has 2 N–H and O–H groups in total. The summed E-state index contributed by atoms with van der Waals surface area (Å²) < 4.78 is 5.09. The lowest BCUT2D eigenvalue weighted by atomic mass is 10.1. The van der Waals surface area contributed by atoms with E-state index in [2.05, 4.69) is 15.8 Å². The van der Waals surface area contributed by atoms with Crippen LogP contribution in [0.15, 0.2) is 22.7 Å². The molecule has 0 saturated carbocycles. The molecule has 2 aromatic rings. The summed E-state index contributed by atoms with van der Waals surface area (Å²) in [5.41, 5.74) is 4.16. The van der Waals surface area contributed by atoms with Gasteiger partial charge in [0.15, 0.2) is 0 Å². The second kappa shape index (κ2) is 6.96. The highest BCUT2D eigenvalue weighted by Gasteiger charge is 2.24. The maximum Gasteiger partial charge on any atom is 0.321 e. The topological polar surface area (TPSA) is 87.5 Å². The molecule has 25 heavy (non-hydrogen) atoms. The summed E-state index contributed by atoms with van der Waals surface area (Å²) >= 11 is 0. The molecule has 1 aliphatic heterocycles. The Labute approximate surface area is 146 Å². The van der Waals surface area contributed by atoms with Crippen molar-refractivity contribution in [1.82, 2.24) is 10.5 Å². The molecule has 132 valence electrons. The summed E-state index contributed by atoms with van der Waals surface area (Å²) in [6.07, 6.45) is 1.03. The maximum absolute atomic E-state index is 12.3. The molecule has 3 rings (SSSR count). The minimum atomic E-state index is -0.142. The average Bonchev–Trinajstić information content (AvgIpc) is 3.13. The predicted octanol–water partition coefficient (Wildman–Crippen LogP) is 2.56. The van der Waals surface area contributed by atoms with E-state index < -0.39 is 0 Å². The molecular formula is C18H22N4O3. The van der Waals surface area contributed by atoms with Gasteiger partial charge in [-0.15, -0.1) is 0 Å². The summed E-state index contributed by atoms with van der Waals surface area (Å²) in [5.74, 6) is 0.515. The number of rotatable bonds is 4. The lowest BCUT2D eigenvalue weighted by Gasteiger charge is -2.18. The normalized spacial score (nSPS) is 12.8. The fraction of sp³-hybridized carbons (Fsp3) is 0.389. The molecule has 1 aliphatic rings. The Bertz CT molecular complexity index is 793. The van der Waals surface area contributed by atoms with Crippen LogP contribution in [-0.4, -0.2) is 30.2 Å². The minimum absolute atomic E-state index is 0.111. The van der Waals surface area contributed by atoms with Crippen LogP contribution in [0.2, 0.25) is 0 Å². The number of carbonyl (C=O) groups is 2. The fourth-order valence-electron chi connectivity index (χ4n) is 3.03. The van der Waals surface area contributed by atoms with Crippen LogP contribution >= 0.6 is 0 Å². The minimum Gasteiger partial charge on any atom is -0.361 e. The van der Waals surface area contributed by atoms with Crippen molar-refractivity contribution in [2.24, 2.45) is 0 Å². The monoisotopic (exact) mass is 342 g/mol. The number of aryl methyl sites for hydroxylation is 2. The van der Waals surface area contributed by atoms with Gasteiger partial charge >= 0.3 is 6.03 Å². The first-order valence-corrected chi connectivity index (χ1v) is 8.39. The maximum atomic E-state index is 12.3. The number of carbonyl (C=O) groups excluding carboxylic acids is 2. The van der Waals surface area contributed by atoms with Crippen LogP contribution in [0.3, 0.4) is 0 Å². The van der Waals surface area contributed by atoms with E-state index >= 15 is 0 Å². The smallest absolute Gasteiger partial charge is 0.321 e. The van der Waals surface area contributed by atoms with Crippen molar-refractivity contribution in [3.8, 4) is 0 Å². The van der Waals surface area contributed by atoms with Gasteiger partial charge in [-0.2, -0.15) is 0 Å². The lowest BCUT2D eigenvalue weighted by molar-refractivity contribution is -0.115. The summed E-state index contributed by atoms with van der Waals surface area (Å²) in [5, 5.41) is 9.57. The molecule has 7 heteroatoms. The third-order valence-corrected chi connectivity index (χ3v) is 4.36. The lowest BCUT2D eigenvalue weighted by Crippen LogP contribution is -2.38. The van der Waals surface area contributed by atoms with Gasteiger partial charge in [0.1, 0.15) is 5.76 Å². The molecule has 0 bridgehead atoms. The molecule has 0 saturated heterocycles. The van der Waals surface area contributed by atoms with E-state index in [4.69, 9.17) is 4.52 Å². The van der Waals surface area contributed by atoms with Gasteiger partial charge < -0.3 is 15.2 Å². The largest absolute Gasteiger partial charge is 0.361 e. The highest BCUT2D eigenvalue weighted by atomic mass is 16.5. The van der Waals surface area contributed by atoms with E-state index in [1.54, 1.807) is 11.8 Å². The van der Waals surface area contributed by atoms with E-state index in [9.17, 15) is 9.59 Å².